The van der Waals surface area contributed by atoms with E-state index in [1.807, 2.05) is 14.1 Å². The molecule has 0 saturated carbocycles. The third-order valence-electron chi connectivity index (χ3n) is 2.33. The van der Waals surface area contributed by atoms with Crippen molar-refractivity contribution in [3.63, 3.8) is 0 Å². The second-order valence-electron chi connectivity index (χ2n) is 3.97. The highest BCUT2D eigenvalue weighted by Gasteiger charge is 2.23. The Morgan fingerprint density at radius 1 is 1.54 bits per heavy atom. The van der Waals surface area contributed by atoms with E-state index < -0.39 is 0 Å². The molecule has 0 radical (unpaired) electrons. The Kier molecular flexibility index (Phi) is 3.69. The Labute approximate surface area is 79.9 Å². The summed E-state index contributed by atoms with van der Waals surface area (Å²) >= 11 is 0. The number of nitrogens with zero attached hydrogens (tertiary/aromatic N) is 2. The molecule has 13 heavy (non-hydrogen) atoms. The van der Waals surface area contributed by atoms with Gasteiger partial charge in [0.2, 0.25) is 5.91 Å². The number of carbonyl (C=O) groups is 1. The number of hydrazine groups is 1. The summed E-state index contributed by atoms with van der Waals surface area (Å²) in [6.45, 7) is 2.01. The van der Waals surface area contributed by atoms with Gasteiger partial charge in [0.15, 0.2) is 0 Å². The summed E-state index contributed by atoms with van der Waals surface area (Å²) in [6.07, 6.45) is 2.14. The minimum atomic E-state index is 0.150. The van der Waals surface area contributed by atoms with Crippen LogP contribution < -0.4 is 5.43 Å². The summed E-state index contributed by atoms with van der Waals surface area (Å²) in [5, 5.41) is 1.71. The maximum Gasteiger partial charge on any atom is 0.238 e. The third kappa shape index (κ3) is 3.32. The predicted octanol–water partition coefficient (Wildman–Crippen LogP) is -0.0790. The Morgan fingerprint density at radius 3 is 2.77 bits per heavy atom. The predicted molar refractivity (Wildman–Crippen MR) is 52.1 cm³/mol. The number of carbonyl (C=O) groups excluding carboxylic acids is 1. The van der Waals surface area contributed by atoms with Gasteiger partial charge in [-0.15, -0.1) is 0 Å². The van der Waals surface area contributed by atoms with Crippen molar-refractivity contribution in [2.45, 2.75) is 12.8 Å². The highest BCUT2D eigenvalue weighted by atomic mass is 16.2. The third-order valence-corrected chi connectivity index (χ3v) is 2.33. The number of hydrogen-bond donors (Lipinski definition) is 1. The first-order valence-corrected chi connectivity index (χ1v) is 4.76. The van der Waals surface area contributed by atoms with E-state index >= 15 is 0 Å². The van der Waals surface area contributed by atoms with Crippen LogP contribution in [0.2, 0.25) is 0 Å². The summed E-state index contributed by atoms with van der Waals surface area (Å²) < 4.78 is 0. The molecule has 1 aliphatic heterocycles. The molecule has 0 aromatic carbocycles. The SMILES string of the molecule is CN1CCCC(C(=O)NN(C)C)C1. The molecule has 1 N–H and O–H groups in total. The molecular weight excluding hydrogens is 166 g/mol. The molecule has 0 aromatic rings. The largest absolute Gasteiger partial charge is 0.306 e. The van der Waals surface area contributed by atoms with E-state index in [1.54, 1.807) is 5.01 Å². The van der Waals surface area contributed by atoms with Crippen molar-refractivity contribution < 1.29 is 4.79 Å². The molecule has 1 rings (SSSR count). The summed E-state index contributed by atoms with van der Waals surface area (Å²) in [5.74, 6) is 0.317. The molecule has 4 heteroatoms. The quantitative estimate of drug-likeness (QED) is 0.611. The number of hydrogen-bond acceptors (Lipinski definition) is 3. The van der Waals surface area contributed by atoms with Crippen molar-refractivity contribution in [3.05, 3.63) is 0 Å². The van der Waals surface area contributed by atoms with Gasteiger partial charge in [-0.1, -0.05) is 0 Å². The summed E-state index contributed by atoms with van der Waals surface area (Å²) in [5.41, 5.74) is 2.80. The van der Waals surface area contributed by atoms with Crippen LogP contribution in [0.3, 0.4) is 0 Å². The second-order valence-corrected chi connectivity index (χ2v) is 3.97. The van der Waals surface area contributed by atoms with Crippen LogP contribution in [0.25, 0.3) is 0 Å². The summed E-state index contributed by atoms with van der Waals surface area (Å²) in [4.78, 5) is 13.8. The average Bonchev–Trinajstić information content (AvgIpc) is 2.03. The van der Waals surface area contributed by atoms with E-state index in [1.165, 1.54) is 0 Å². The molecule has 1 atom stereocenters. The van der Waals surface area contributed by atoms with Crippen molar-refractivity contribution in [1.82, 2.24) is 15.3 Å². The van der Waals surface area contributed by atoms with Crippen LogP contribution in [0.4, 0.5) is 0 Å². The molecule has 1 fully saturated rings. The maximum absolute atomic E-state index is 11.6. The minimum absolute atomic E-state index is 0.150. The number of piperidine rings is 1. The topological polar surface area (TPSA) is 35.6 Å². The normalized spacial score (nSPS) is 24.8. The molecule has 1 amide bonds. The van der Waals surface area contributed by atoms with Gasteiger partial charge in [0, 0.05) is 20.6 Å². The van der Waals surface area contributed by atoms with Gasteiger partial charge in [-0.25, -0.2) is 5.01 Å². The Hall–Kier alpha value is -0.610. The van der Waals surface area contributed by atoms with Crippen molar-refractivity contribution in [3.8, 4) is 0 Å². The van der Waals surface area contributed by atoms with E-state index in [0.29, 0.717) is 0 Å². The fourth-order valence-corrected chi connectivity index (χ4v) is 1.69. The van der Waals surface area contributed by atoms with Gasteiger partial charge in [0.1, 0.15) is 0 Å². The van der Waals surface area contributed by atoms with Crippen molar-refractivity contribution >= 4 is 5.91 Å². The summed E-state index contributed by atoms with van der Waals surface area (Å²) in [7, 11) is 5.74. The molecule has 1 heterocycles. The Balaban J connectivity index is 2.37. The van der Waals surface area contributed by atoms with Crippen LogP contribution in [0.1, 0.15) is 12.8 Å². The number of amides is 1. The summed E-state index contributed by atoms with van der Waals surface area (Å²) in [6, 6.07) is 0. The van der Waals surface area contributed by atoms with Crippen LogP contribution in [-0.2, 0) is 4.79 Å². The lowest BCUT2D eigenvalue weighted by atomic mass is 9.98. The maximum atomic E-state index is 11.6. The van der Waals surface area contributed by atoms with Gasteiger partial charge >= 0.3 is 0 Å². The van der Waals surface area contributed by atoms with E-state index in [0.717, 1.165) is 25.9 Å². The highest BCUT2D eigenvalue weighted by molar-refractivity contribution is 5.78. The fourth-order valence-electron chi connectivity index (χ4n) is 1.69. The van der Waals surface area contributed by atoms with Gasteiger partial charge in [-0.3, -0.25) is 10.2 Å². The first-order chi connectivity index (χ1) is 6.09. The Morgan fingerprint density at radius 2 is 2.23 bits per heavy atom. The number of nitrogens with one attached hydrogen (secondary N) is 1. The fraction of sp³-hybridized carbons (Fsp3) is 0.889. The van der Waals surface area contributed by atoms with Crippen molar-refractivity contribution in [2.24, 2.45) is 5.92 Å². The second kappa shape index (κ2) is 4.58. The first kappa shape index (κ1) is 10.5. The molecular formula is C9H19N3O. The minimum Gasteiger partial charge on any atom is -0.306 e. The number of likely N-dealkylation sites (tertiary alicyclic amines) is 1. The van der Waals surface area contributed by atoms with E-state index in [4.69, 9.17) is 0 Å². The van der Waals surface area contributed by atoms with Crippen molar-refractivity contribution in [1.29, 1.82) is 0 Å². The molecule has 4 nitrogen and oxygen atoms in total. The smallest absolute Gasteiger partial charge is 0.238 e. The lowest BCUT2D eigenvalue weighted by Gasteiger charge is -2.29. The van der Waals surface area contributed by atoms with Gasteiger partial charge in [0.25, 0.3) is 0 Å². The van der Waals surface area contributed by atoms with Crippen LogP contribution in [0, 0.1) is 5.92 Å². The molecule has 0 spiro atoms. The number of rotatable bonds is 2. The lowest BCUT2D eigenvalue weighted by Crippen LogP contribution is -2.45. The zero-order chi connectivity index (χ0) is 9.84. The molecule has 0 aromatic heterocycles. The molecule has 1 unspecified atom stereocenters. The lowest BCUT2D eigenvalue weighted by molar-refractivity contribution is -0.130. The molecule has 0 aliphatic carbocycles. The molecule has 76 valence electrons. The van der Waals surface area contributed by atoms with E-state index in [2.05, 4.69) is 17.4 Å². The van der Waals surface area contributed by atoms with Gasteiger partial charge in [-0.2, -0.15) is 0 Å². The Bertz CT molecular complexity index is 182. The molecule has 1 aliphatic rings. The van der Waals surface area contributed by atoms with Crippen LogP contribution in [-0.4, -0.2) is 50.0 Å². The highest BCUT2D eigenvalue weighted by Crippen LogP contribution is 2.14. The first-order valence-electron chi connectivity index (χ1n) is 4.76. The van der Waals surface area contributed by atoms with Gasteiger partial charge in [0.05, 0.1) is 5.92 Å². The van der Waals surface area contributed by atoms with E-state index in [-0.39, 0.29) is 11.8 Å². The van der Waals surface area contributed by atoms with Crippen LogP contribution >= 0.6 is 0 Å². The van der Waals surface area contributed by atoms with Crippen LogP contribution in [0.5, 0.6) is 0 Å². The van der Waals surface area contributed by atoms with Gasteiger partial charge in [-0.05, 0) is 26.4 Å². The zero-order valence-corrected chi connectivity index (χ0v) is 8.71. The standard InChI is InChI=1S/C9H19N3O/c1-11(2)10-9(13)8-5-4-6-12(3)7-8/h8H,4-7H2,1-3H3,(H,10,13). The van der Waals surface area contributed by atoms with E-state index in [9.17, 15) is 4.79 Å². The van der Waals surface area contributed by atoms with Crippen molar-refractivity contribution in [2.75, 3.05) is 34.2 Å². The molecule has 0 bridgehead atoms. The average molecular weight is 185 g/mol. The van der Waals surface area contributed by atoms with Gasteiger partial charge < -0.3 is 4.90 Å². The zero-order valence-electron chi connectivity index (χ0n) is 8.71. The molecule has 1 saturated heterocycles. The monoisotopic (exact) mass is 185 g/mol. The van der Waals surface area contributed by atoms with Crippen LogP contribution in [0.15, 0.2) is 0 Å².